The van der Waals surface area contributed by atoms with Crippen LogP contribution in [0.2, 0.25) is 0 Å². The summed E-state index contributed by atoms with van der Waals surface area (Å²) in [4.78, 5) is 30.8. The van der Waals surface area contributed by atoms with Crippen molar-refractivity contribution in [3.05, 3.63) is 29.3 Å². The second kappa shape index (κ2) is 8.90. The maximum absolute atomic E-state index is 12.4. The van der Waals surface area contributed by atoms with Gasteiger partial charge in [0.15, 0.2) is 0 Å². The first kappa shape index (κ1) is 20.6. The predicted octanol–water partition coefficient (Wildman–Crippen LogP) is 3.99. The molecule has 2 amide bonds. The summed E-state index contributed by atoms with van der Waals surface area (Å²) in [6.07, 6.45) is 2.83. The summed E-state index contributed by atoms with van der Waals surface area (Å²) in [7, 11) is 0. The lowest BCUT2D eigenvalue weighted by Crippen LogP contribution is -2.45. The summed E-state index contributed by atoms with van der Waals surface area (Å²) in [6, 6.07) is 8.14. The van der Waals surface area contributed by atoms with E-state index in [9.17, 15) is 9.59 Å². The molecule has 0 atom stereocenters. The third kappa shape index (κ3) is 5.67. The van der Waals surface area contributed by atoms with Gasteiger partial charge < -0.3 is 15.0 Å². The van der Waals surface area contributed by atoms with Crippen LogP contribution in [0.5, 0.6) is 0 Å². The van der Waals surface area contributed by atoms with E-state index in [1.807, 2.05) is 39.0 Å². The van der Waals surface area contributed by atoms with Crippen LogP contribution in [-0.4, -0.2) is 47.1 Å². The molecule has 1 aliphatic rings. The number of hydrogen-bond acceptors (Lipinski definition) is 5. The number of aromatic nitrogens is 1. The lowest BCUT2D eigenvalue weighted by Gasteiger charge is -2.32. The Labute approximate surface area is 170 Å². The van der Waals surface area contributed by atoms with Crippen LogP contribution in [0.4, 0.5) is 4.79 Å². The number of nitrogens with one attached hydrogen (secondary N) is 1. The number of carbonyl (C=O) groups excluding carboxylic acids is 2. The van der Waals surface area contributed by atoms with Crippen molar-refractivity contribution in [1.82, 2.24) is 15.2 Å². The van der Waals surface area contributed by atoms with Gasteiger partial charge in [0, 0.05) is 32.0 Å². The molecule has 6 nitrogen and oxygen atoms in total. The molecule has 0 saturated carbocycles. The summed E-state index contributed by atoms with van der Waals surface area (Å²) in [5.74, 6) is 0.0641. The fraction of sp³-hybridized carbons (Fsp3) is 0.571. The highest BCUT2D eigenvalue weighted by Crippen LogP contribution is 2.22. The normalized spacial score (nSPS) is 15.6. The van der Waals surface area contributed by atoms with Gasteiger partial charge in [-0.1, -0.05) is 12.1 Å². The molecular formula is C21H29N3O3S. The van der Waals surface area contributed by atoms with E-state index in [-0.39, 0.29) is 17.9 Å². The lowest BCUT2D eigenvalue weighted by molar-refractivity contribution is -0.126. The molecule has 1 N–H and O–H groups in total. The predicted molar refractivity (Wildman–Crippen MR) is 111 cm³/mol. The molecule has 0 unspecified atom stereocenters. The zero-order valence-corrected chi connectivity index (χ0v) is 17.7. The van der Waals surface area contributed by atoms with Crippen molar-refractivity contribution >= 4 is 33.6 Å². The molecule has 1 fully saturated rings. The first-order valence-corrected chi connectivity index (χ1v) is 10.7. The quantitative estimate of drug-likeness (QED) is 0.766. The number of piperidine rings is 1. The van der Waals surface area contributed by atoms with E-state index < -0.39 is 5.60 Å². The molecule has 0 aliphatic carbocycles. The molecule has 0 bridgehead atoms. The fourth-order valence-corrected chi connectivity index (χ4v) is 4.28. The van der Waals surface area contributed by atoms with E-state index in [2.05, 4.69) is 16.4 Å². The van der Waals surface area contributed by atoms with Gasteiger partial charge in [-0.05, 0) is 52.2 Å². The monoisotopic (exact) mass is 403 g/mol. The zero-order chi connectivity index (χ0) is 20.1. The summed E-state index contributed by atoms with van der Waals surface area (Å²) >= 11 is 1.72. The average molecular weight is 404 g/mol. The van der Waals surface area contributed by atoms with Crippen LogP contribution in [-0.2, 0) is 16.0 Å². The van der Waals surface area contributed by atoms with Crippen molar-refractivity contribution in [2.45, 2.75) is 52.1 Å². The highest BCUT2D eigenvalue weighted by Gasteiger charge is 2.29. The summed E-state index contributed by atoms with van der Waals surface area (Å²) in [5.41, 5.74) is 0.553. The molecule has 0 radical (unpaired) electrons. The van der Waals surface area contributed by atoms with Gasteiger partial charge in [-0.25, -0.2) is 9.78 Å². The van der Waals surface area contributed by atoms with Gasteiger partial charge in [0.25, 0.3) is 0 Å². The minimum Gasteiger partial charge on any atom is -0.444 e. The van der Waals surface area contributed by atoms with E-state index >= 15 is 0 Å². The van der Waals surface area contributed by atoms with Gasteiger partial charge in [0.05, 0.1) is 15.2 Å². The van der Waals surface area contributed by atoms with Crippen molar-refractivity contribution in [2.24, 2.45) is 5.92 Å². The molecule has 1 saturated heterocycles. The van der Waals surface area contributed by atoms with Gasteiger partial charge in [0.2, 0.25) is 5.91 Å². The van der Waals surface area contributed by atoms with Crippen LogP contribution in [0, 0.1) is 5.92 Å². The second-order valence-electron chi connectivity index (χ2n) is 8.21. The molecular weight excluding hydrogens is 374 g/mol. The Bertz CT molecular complexity index is 787. The molecule has 7 heteroatoms. The van der Waals surface area contributed by atoms with Crippen molar-refractivity contribution in [3.63, 3.8) is 0 Å². The number of ether oxygens (including phenoxy) is 1. The van der Waals surface area contributed by atoms with Crippen LogP contribution in [0.3, 0.4) is 0 Å². The van der Waals surface area contributed by atoms with Crippen molar-refractivity contribution in [1.29, 1.82) is 0 Å². The molecule has 1 aromatic heterocycles. The largest absolute Gasteiger partial charge is 0.444 e. The van der Waals surface area contributed by atoms with E-state index in [4.69, 9.17) is 4.74 Å². The molecule has 2 aromatic rings. The molecule has 0 spiro atoms. The Morgan fingerprint density at radius 2 is 1.96 bits per heavy atom. The van der Waals surface area contributed by atoms with E-state index in [1.165, 1.54) is 4.70 Å². The van der Waals surface area contributed by atoms with Crippen molar-refractivity contribution in [3.8, 4) is 0 Å². The lowest BCUT2D eigenvalue weighted by atomic mass is 9.96. The Balaban J connectivity index is 1.36. The minimum atomic E-state index is -0.491. The number of rotatable bonds is 5. The molecule has 1 aliphatic heterocycles. The zero-order valence-electron chi connectivity index (χ0n) is 16.9. The number of carbonyl (C=O) groups is 2. The Hall–Kier alpha value is -2.15. The average Bonchev–Trinajstić information content (AvgIpc) is 3.06. The number of para-hydroxylation sites is 1. The third-order valence-corrected chi connectivity index (χ3v) is 5.82. The topological polar surface area (TPSA) is 71.5 Å². The van der Waals surface area contributed by atoms with Crippen LogP contribution in [0.25, 0.3) is 10.2 Å². The van der Waals surface area contributed by atoms with Crippen LogP contribution < -0.4 is 5.32 Å². The minimum absolute atomic E-state index is 0.0267. The maximum Gasteiger partial charge on any atom is 0.410 e. The molecule has 152 valence electrons. The summed E-state index contributed by atoms with van der Waals surface area (Å²) in [6.45, 7) is 7.37. The molecule has 1 aromatic carbocycles. The van der Waals surface area contributed by atoms with E-state index in [1.54, 1.807) is 16.2 Å². The highest BCUT2D eigenvalue weighted by molar-refractivity contribution is 7.18. The Morgan fingerprint density at radius 1 is 1.25 bits per heavy atom. The molecule has 2 heterocycles. The van der Waals surface area contributed by atoms with Gasteiger partial charge in [-0.3, -0.25) is 4.79 Å². The fourth-order valence-electron chi connectivity index (χ4n) is 3.27. The first-order valence-electron chi connectivity index (χ1n) is 9.92. The third-order valence-electron chi connectivity index (χ3n) is 4.72. The number of fused-ring (bicyclic) bond motifs is 1. The SMILES string of the molecule is CC(C)(C)OC(=O)N1CCC(C(=O)NCCCc2nc3ccccc3s2)CC1. The second-order valence-corrected chi connectivity index (χ2v) is 9.33. The maximum atomic E-state index is 12.4. The van der Waals surface area contributed by atoms with E-state index in [0.29, 0.717) is 32.5 Å². The molecule has 28 heavy (non-hydrogen) atoms. The van der Waals surface area contributed by atoms with Gasteiger partial charge in [-0.15, -0.1) is 11.3 Å². The Morgan fingerprint density at radius 3 is 2.64 bits per heavy atom. The van der Waals surface area contributed by atoms with Crippen LogP contribution in [0.15, 0.2) is 24.3 Å². The number of hydrogen-bond donors (Lipinski definition) is 1. The number of nitrogens with zero attached hydrogens (tertiary/aromatic N) is 2. The highest BCUT2D eigenvalue weighted by atomic mass is 32.1. The summed E-state index contributed by atoms with van der Waals surface area (Å²) in [5, 5.41) is 4.15. The number of thiazole rings is 1. The number of amides is 2. The van der Waals surface area contributed by atoms with Crippen molar-refractivity contribution < 1.29 is 14.3 Å². The first-order chi connectivity index (χ1) is 13.3. The summed E-state index contributed by atoms with van der Waals surface area (Å²) < 4.78 is 6.60. The number of benzene rings is 1. The van der Waals surface area contributed by atoms with Crippen LogP contribution >= 0.6 is 11.3 Å². The number of likely N-dealkylation sites (tertiary alicyclic amines) is 1. The molecule has 3 rings (SSSR count). The van der Waals surface area contributed by atoms with Crippen molar-refractivity contribution in [2.75, 3.05) is 19.6 Å². The van der Waals surface area contributed by atoms with Gasteiger partial charge >= 0.3 is 6.09 Å². The smallest absolute Gasteiger partial charge is 0.410 e. The van der Waals surface area contributed by atoms with Crippen LogP contribution in [0.1, 0.15) is 45.0 Å². The standard InChI is InChI=1S/C21H29N3O3S/c1-21(2,3)27-20(26)24-13-10-15(11-14-24)19(25)22-12-6-9-18-23-16-7-4-5-8-17(16)28-18/h4-5,7-8,15H,6,9-14H2,1-3H3,(H,22,25). The van der Waals surface area contributed by atoms with E-state index in [0.717, 1.165) is 23.4 Å². The number of aryl methyl sites for hydroxylation is 1. The van der Waals surface area contributed by atoms with Gasteiger partial charge in [-0.2, -0.15) is 0 Å². The Kier molecular flexibility index (Phi) is 6.54. The van der Waals surface area contributed by atoms with Gasteiger partial charge in [0.1, 0.15) is 5.60 Å².